The molecule has 1 saturated carbocycles. The van der Waals surface area contributed by atoms with E-state index in [9.17, 15) is 8.42 Å². The van der Waals surface area contributed by atoms with Gasteiger partial charge in [-0.25, -0.2) is 12.7 Å². The van der Waals surface area contributed by atoms with Gasteiger partial charge in [-0.05, 0) is 26.8 Å². The lowest BCUT2D eigenvalue weighted by Gasteiger charge is -2.26. The van der Waals surface area contributed by atoms with E-state index in [0.29, 0.717) is 6.54 Å². The molecule has 1 unspecified atom stereocenters. The van der Waals surface area contributed by atoms with Crippen molar-refractivity contribution >= 4 is 10.0 Å². The van der Waals surface area contributed by atoms with Crippen LogP contribution in [0.25, 0.3) is 0 Å². The molecule has 1 fully saturated rings. The third-order valence-corrected chi connectivity index (χ3v) is 5.52. The summed E-state index contributed by atoms with van der Waals surface area (Å²) in [6.45, 7) is 2.27. The molecule has 5 heteroatoms. The molecule has 1 rings (SSSR count). The second-order valence-electron chi connectivity index (χ2n) is 4.37. The molecule has 0 aliphatic heterocycles. The van der Waals surface area contributed by atoms with Crippen molar-refractivity contribution in [3.63, 3.8) is 0 Å². The average molecular weight is 234 g/mol. The minimum atomic E-state index is -3.11. The molecule has 90 valence electrons. The van der Waals surface area contributed by atoms with E-state index in [2.05, 4.69) is 5.32 Å². The fraction of sp³-hybridized carbons (Fsp3) is 1.00. The molecule has 15 heavy (non-hydrogen) atoms. The lowest BCUT2D eigenvalue weighted by Crippen LogP contribution is -2.43. The van der Waals surface area contributed by atoms with Gasteiger partial charge in [0.1, 0.15) is 0 Å². The van der Waals surface area contributed by atoms with Crippen LogP contribution in [0.5, 0.6) is 0 Å². The van der Waals surface area contributed by atoms with Gasteiger partial charge in [0, 0.05) is 19.6 Å². The molecule has 0 aromatic heterocycles. The fourth-order valence-electron chi connectivity index (χ4n) is 2.15. The summed E-state index contributed by atoms with van der Waals surface area (Å²) >= 11 is 0. The first-order valence-electron chi connectivity index (χ1n) is 5.61. The molecule has 0 spiro atoms. The maximum Gasteiger partial charge on any atom is 0.217 e. The zero-order valence-electron chi connectivity index (χ0n) is 9.86. The van der Waals surface area contributed by atoms with Crippen LogP contribution in [-0.4, -0.2) is 44.7 Å². The molecule has 0 amide bonds. The van der Waals surface area contributed by atoms with Crippen molar-refractivity contribution in [3.8, 4) is 0 Å². The Hall–Kier alpha value is -0.130. The molecular formula is C10H22N2O2S. The van der Waals surface area contributed by atoms with Gasteiger partial charge in [0.25, 0.3) is 0 Å². The van der Waals surface area contributed by atoms with Gasteiger partial charge in [-0.1, -0.05) is 12.8 Å². The van der Waals surface area contributed by atoms with Crippen molar-refractivity contribution in [2.24, 2.45) is 0 Å². The highest BCUT2D eigenvalue weighted by Gasteiger charge is 2.32. The lowest BCUT2D eigenvalue weighted by molar-refractivity contribution is 0.367. The van der Waals surface area contributed by atoms with Gasteiger partial charge in [-0.15, -0.1) is 0 Å². The van der Waals surface area contributed by atoms with E-state index < -0.39 is 10.0 Å². The minimum Gasteiger partial charge on any atom is -0.318 e. The molecule has 1 aliphatic carbocycles. The van der Waals surface area contributed by atoms with Crippen LogP contribution in [-0.2, 0) is 10.0 Å². The molecule has 4 nitrogen and oxygen atoms in total. The summed E-state index contributed by atoms with van der Waals surface area (Å²) < 4.78 is 25.8. The molecule has 1 atom stereocenters. The van der Waals surface area contributed by atoms with Crippen molar-refractivity contribution in [2.45, 2.75) is 43.9 Å². The number of sulfonamides is 1. The van der Waals surface area contributed by atoms with E-state index in [-0.39, 0.29) is 11.3 Å². The maximum absolute atomic E-state index is 12.1. The smallest absolute Gasteiger partial charge is 0.217 e. The Morgan fingerprint density at radius 3 is 2.40 bits per heavy atom. The summed E-state index contributed by atoms with van der Waals surface area (Å²) in [5, 5.41) is 2.57. The van der Waals surface area contributed by atoms with Crippen molar-refractivity contribution in [1.29, 1.82) is 0 Å². The molecule has 0 aromatic carbocycles. The largest absolute Gasteiger partial charge is 0.318 e. The van der Waals surface area contributed by atoms with E-state index in [4.69, 9.17) is 0 Å². The van der Waals surface area contributed by atoms with Gasteiger partial charge in [0.15, 0.2) is 0 Å². The minimum absolute atomic E-state index is 0.231. The Balaban J connectivity index is 2.67. The monoisotopic (exact) mass is 234 g/mol. The first-order valence-corrected chi connectivity index (χ1v) is 7.12. The summed E-state index contributed by atoms with van der Waals surface area (Å²) in [6.07, 6.45) is 4.35. The number of nitrogens with zero attached hydrogens (tertiary/aromatic N) is 1. The molecular weight excluding hydrogens is 212 g/mol. The quantitative estimate of drug-likeness (QED) is 0.765. The summed E-state index contributed by atoms with van der Waals surface area (Å²) in [6, 6.07) is 0.231. The van der Waals surface area contributed by atoms with Crippen LogP contribution in [0.2, 0.25) is 0 Å². The third-order valence-electron chi connectivity index (χ3n) is 3.24. The van der Waals surface area contributed by atoms with E-state index in [0.717, 1.165) is 25.7 Å². The second kappa shape index (κ2) is 5.27. The Morgan fingerprint density at radius 1 is 1.40 bits per heavy atom. The van der Waals surface area contributed by atoms with E-state index in [1.807, 2.05) is 0 Å². The topological polar surface area (TPSA) is 49.4 Å². The molecule has 1 aliphatic rings. The number of rotatable bonds is 5. The summed E-state index contributed by atoms with van der Waals surface area (Å²) in [7, 11) is 0.385. The first kappa shape index (κ1) is 12.9. The number of hydrogen-bond acceptors (Lipinski definition) is 3. The zero-order valence-corrected chi connectivity index (χ0v) is 10.7. The summed E-state index contributed by atoms with van der Waals surface area (Å²) in [5.41, 5.74) is 0. The van der Waals surface area contributed by atoms with E-state index >= 15 is 0 Å². The molecule has 0 radical (unpaired) electrons. The molecule has 1 N–H and O–H groups in total. The summed E-state index contributed by atoms with van der Waals surface area (Å²) in [5.74, 6) is 0. The molecule has 0 aromatic rings. The van der Waals surface area contributed by atoms with Gasteiger partial charge in [-0.2, -0.15) is 0 Å². The Labute approximate surface area is 93.1 Å². The van der Waals surface area contributed by atoms with Crippen LogP contribution >= 0.6 is 0 Å². The van der Waals surface area contributed by atoms with Gasteiger partial charge in [0.2, 0.25) is 10.0 Å². The number of nitrogens with one attached hydrogen (secondary N) is 1. The van der Waals surface area contributed by atoms with Crippen LogP contribution in [0.15, 0.2) is 0 Å². The Morgan fingerprint density at radius 2 is 1.93 bits per heavy atom. The van der Waals surface area contributed by atoms with Crippen molar-refractivity contribution in [3.05, 3.63) is 0 Å². The normalized spacial score (nSPS) is 21.1. The van der Waals surface area contributed by atoms with E-state index in [1.165, 1.54) is 0 Å². The predicted molar refractivity (Wildman–Crippen MR) is 62.3 cm³/mol. The van der Waals surface area contributed by atoms with Gasteiger partial charge in [0.05, 0.1) is 5.25 Å². The predicted octanol–water partition coefficient (Wildman–Crippen LogP) is 0.798. The number of hydrogen-bond donors (Lipinski definition) is 1. The van der Waals surface area contributed by atoms with Crippen molar-refractivity contribution < 1.29 is 8.42 Å². The molecule has 0 bridgehead atoms. The first-order chi connectivity index (χ1) is 7.00. The van der Waals surface area contributed by atoms with Gasteiger partial charge < -0.3 is 5.32 Å². The standard InChI is InChI=1S/C10H22N2O2S/c1-9(8-11-2)15(13,14)12(3)10-6-4-5-7-10/h9-11H,4-8H2,1-3H3. The maximum atomic E-state index is 12.1. The van der Waals surface area contributed by atoms with E-state index in [1.54, 1.807) is 25.3 Å². The molecule has 0 heterocycles. The Bertz CT molecular complexity index is 284. The highest BCUT2D eigenvalue weighted by molar-refractivity contribution is 7.89. The molecule has 0 saturated heterocycles. The van der Waals surface area contributed by atoms with Gasteiger partial charge >= 0.3 is 0 Å². The fourth-order valence-corrected chi connectivity index (χ4v) is 3.72. The second-order valence-corrected chi connectivity index (χ2v) is 6.78. The van der Waals surface area contributed by atoms with Crippen LogP contribution in [0.1, 0.15) is 32.6 Å². The van der Waals surface area contributed by atoms with Crippen LogP contribution in [0, 0.1) is 0 Å². The van der Waals surface area contributed by atoms with Crippen LogP contribution in [0.3, 0.4) is 0 Å². The highest BCUT2D eigenvalue weighted by atomic mass is 32.2. The van der Waals surface area contributed by atoms with Crippen LogP contribution < -0.4 is 5.32 Å². The van der Waals surface area contributed by atoms with Crippen molar-refractivity contribution in [1.82, 2.24) is 9.62 Å². The highest BCUT2D eigenvalue weighted by Crippen LogP contribution is 2.25. The Kier molecular flexibility index (Phi) is 4.55. The van der Waals surface area contributed by atoms with Crippen LogP contribution in [0.4, 0.5) is 0 Å². The zero-order chi connectivity index (χ0) is 11.5. The summed E-state index contributed by atoms with van der Waals surface area (Å²) in [4.78, 5) is 0. The van der Waals surface area contributed by atoms with Gasteiger partial charge in [-0.3, -0.25) is 0 Å². The van der Waals surface area contributed by atoms with Crippen molar-refractivity contribution in [2.75, 3.05) is 20.6 Å². The SMILES string of the molecule is CNCC(C)S(=O)(=O)N(C)C1CCCC1. The third kappa shape index (κ3) is 2.92. The lowest BCUT2D eigenvalue weighted by atomic mass is 10.3. The average Bonchev–Trinajstić information content (AvgIpc) is 2.69.